The maximum Gasteiger partial charge on any atom is 0.231 e. The predicted molar refractivity (Wildman–Crippen MR) is 59.0 cm³/mol. The highest BCUT2D eigenvalue weighted by atomic mass is 19.1. The quantitative estimate of drug-likeness (QED) is 0.877. The Hall–Kier alpha value is -2.44. The Balaban J connectivity index is 2.27. The van der Waals surface area contributed by atoms with Crippen molar-refractivity contribution in [1.29, 1.82) is 0 Å². The van der Waals surface area contributed by atoms with Crippen molar-refractivity contribution in [2.45, 2.75) is 0 Å². The minimum Gasteiger partial charge on any atom is -0.494 e. The lowest BCUT2D eigenvalue weighted by Crippen LogP contribution is -1.94. The van der Waals surface area contributed by atoms with Gasteiger partial charge >= 0.3 is 0 Å². The van der Waals surface area contributed by atoms with E-state index in [2.05, 4.69) is 5.16 Å². The van der Waals surface area contributed by atoms with E-state index in [9.17, 15) is 4.39 Å². The molecule has 0 unspecified atom stereocenters. The maximum absolute atomic E-state index is 14.2. The van der Waals surface area contributed by atoms with Crippen LogP contribution in [-0.2, 0) is 0 Å². The number of nitrogens with two attached hydrogens (primary N) is 1. The molecule has 0 saturated carbocycles. The monoisotopic (exact) mass is 252 g/mol. The molecule has 0 saturated heterocycles. The number of ether oxygens (including phenoxy) is 3. The largest absolute Gasteiger partial charge is 0.494 e. The summed E-state index contributed by atoms with van der Waals surface area (Å²) in [5.74, 6) is 0.371. The third-order valence-electron chi connectivity index (χ3n) is 2.56. The highest BCUT2D eigenvalue weighted by molar-refractivity contribution is 5.74. The van der Waals surface area contributed by atoms with E-state index in [1.54, 1.807) is 0 Å². The second kappa shape index (κ2) is 3.80. The molecule has 7 heteroatoms. The van der Waals surface area contributed by atoms with Crippen LogP contribution in [-0.4, -0.2) is 19.1 Å². The van der Waals surface area contributed by atoms with Crippen LogP contribution in [0.3, 0.4) is 0 Å². The van der Waals surface area contributed by atoms with Crippen molar-refractivity contribution < 1.29 is 23.1 Å². The van der Waals surface area contributed by atoms with Crippen molar-refractivity contribution in [2.75, 3.05) is 19.6 Å². The average Bonchev–Trinajstić information content (AvgIpc) is 2.97. The average molecular weight is 252 g/mol. The van der Waals surface area contributed by atoms with Crippen LogP contribution in [0.1, 0.15) is 0 Å². The summed E-state index contributed by atoms with van der Waals surface area (Å²) in [7, 11) is 1.36. The van der Waals surface area contributed by atoms with Gasteiger partial charge < -0.3 is 24.5 Å². The van der Waals surface area contributed by atoms with Crippen LogP contribution in [0.4, 0.5) is 10.2 Å². The summed E-state index contributed by atoms with van der Waals surface area (Å²) < 4.78 is 34.5. The first-order valence-electron chi connectivity index (χ1n) is 5.09. The number of nitrogen functional groups attached to an aromatic ring is 1. The lowest BCUT2D eigenvalue weighted by molar-refractivity contribution is 0.174. The Morgan fingerprint density at radius 2 is 2.22 bits per heavy atom. The molecule has 0 fully saturated rings. The minimum atomic E-state index is -0.613. The summed E-state index contributed by atoms with van der Waals surface area (Å²) >= 11 is 0. The number of benzene rings is 1. The van der Waals surface area contributed by atoms with Gasteiger partial charge in [-0.25, -0.2) is 4.39 Å². The molecule has 1 aromatic carbocycles. The summed E-state index contributed by atoms with van der Waals surface area (Å²) in [6, 6.07) is 2.82. The van der Waals surface area contributed by atoms with Crippen LogP contribution in [0.15, 0.2) is 16.7 Å². The van der Waals surface area contributed by atoms with E-state index in [0.717, 1.165) is 0 Å². The van der Waals surface area contributed by atoms with Gasteiger partial charge in [0.05, 0.1) is 7.11 Å². The molecule has 0 bridgehead atoms. The van der Waals surface area contributed by atoms with E-state index < -0.39 is 5.82 Å². The SMILES string of the molecule is COc1cc2c(c(-c3cc(N)no3)c1F)OCO2. The Kier molecular flexibility index (Phi) is 2.26. The molecule has 0 spiro atoms. The molecule has 0 aliphatic carbocycles. The Labute approximate surface area is 101 Å². The van der Waals surface area contributed by atoms with Gasteiger partial charge in [-0.05, 0) is 0 Å². The molecule has 18 heavy (non-hydrogen) atoms. The van der Waals surface area contributed by atoms with Gasteiger partial charge in [-0.15, -0.1) is 0 Å². The molecular weight excluding hydrogens is 243 g/mol. The molecule has 94 valence electrons. The Morgan fingerprint density at radius 1 is 1.39 bits per heavy atom. The Morgan fingerprint density at radius 3 is 2.89 bits per heavy atom. The fraction of sp³-hybridized carbons (Fsp3) is 0.182. The molecule has 0 radical (unpaired) electrons. The summed E-state index contributed by atoms with van der Waals surface area (Å²) in [6.07, 6.45) is 0. The molecule has 1 aromatic heterocycles. The molecule has 2 aromatic rings. The van der Waals surface area contributed by atoms with E-state index in [-0.39, 0.29) is 35.4 Å². The first kappa shape index (κ1) is 10.7. The molecule has 1 aliphatic rings. The standard InChI is InChI=1S/C11H9FN2O4/c1-15-6-2-7-11(17-4-16-7)9(10(6)12)5-3-8(13)14-18-5/h2-3H,4H2,1H3,(H2,13,14). The topological polar surface area (TPSA) is 79.7 Å². The van der Waals surface area contributed by atoms with Gasteiger partial charge in [0, 0.05) is 12.1 Å². The van der Waals surface area contributed by atoms with Gasteiger partial charge in [0.1, 0.15) is 5.56 Å². The molecule has 0 atom stereocenters. The normalized spacial score (nSPS) is 12.8. The lowest BCUT2D eigenvalue weighted by Gasteiger charge is -2.08. The fourth-order valence-corrected chi connectivity index (χ4v) is 1.77. The molecule has 2 heterocycles. The van der Waals surface area contributed by atoms with Crippen LogP contribution in [0.2, 0.25) is 0 Å². The molecule has 0 amide bonds. The van der Waals surface area contributed by atoms with Crippen molar-refractivity contribution in [1.82, 2.24) is 5.16 Å². The van der Waals surface area contributed by atoms with Crippen LogP contribution < -0.4 is 19.9 Å². The van der Waals surface area contributed by atoms with Crippen LogP contribution in [0.25, 0.3) is 11.3 Å². The zero-order chi connectivity index (χ0) is 12.7. The van der Waals surface area contributed by atoms with Crippen molar-refractivity contribution in [3.05, 3.63) is 17.9 Å². The molecule has 2 N–H and O–H groups in total. The van der Waals surface area contributed by atoms with Gasteiger partial charge in [-0.1, -0.05) is 5.16 Å². The highest BCUT2D eigenvalue weighted by Crippen LogP contribution is 2.46. The van der Waals surface area contributed by atoms with E-state index in [1.165, 1.54) is 19.2 Å². The summed E-state index contributed by atoms with van der Waals surface area (Å²) in [4.78, 5) is 0. The van der Waals surface area contributed by atoms with E-state index >= 15 is 0 Å². The maximum atomic E-state index is 14.2. The molecule has 3 rings (SSSR count). The first-order valence-corrected chi connectivity index (χ1v) is 5.09. The number of nitrogens with zero attached hydrogens (tertiary/aromatic N) is 1. The third kappa shape index (κ3) is 1.44. The zero-order valence-electron chi connectivity index (χ0n) is 9.40. The van der Waals surface area contributed by atoms with Crippen molar-refractivity contribution in [3.63, 3.8) is 0 Å². The second-order valence-corrected chi connectivity index (χ2v) is 3.62. The zero-order valence-corrected chi connectivity index (χ0v) is 9.40. The minimum absolute atomic E-state index is 0.0125. The number of methoxy groups -OCH3 is 1. The summed E-state index contributed by atoms with van der Waals surface area (Å²) in [5, 5.41) is 3.51. The summed E-state index contributed by atoms with van der Waals surface area (Å²) in [5.41, 5.74) is 5.54. The summed E-state index contributed by atoms with van der Waals surface area (Å²) in [6.45, 7) is 0.0125. The predicted octanol–water partition coefficient (Wildman–Crippen LogP) is 1.80. The van der Waals surface area contributed by atoms with Crippen LogP contribution >= 0.6 is 0 Å². The lowest BCUT2D eigenvalue weighted by atomic mass is 10.1. The van der Waals surface area contributed by atoms with Gasteiger partial charge in [0.2, 0.25) is 6.79 Å². The second-order valence-electron chi connectivity index (χ2n) is 3.62. The first-order chi connectivity index (χ1) is 8.70. The molecule has 1 aliphatic heterocycles. The number of hydrogen-bond donors (Lipinski definition) is 1. The van der Waals surface area contributed by atoms with Gasteiger partial charge in [-0.2, -0.15) is 0 Å². The van der Waals surface area contributed by atoms with Crippen LogP contribution in [0.5, 0.6) is 17.2 Å². The number of hydrogen-bond acceptors (Lipinski definition) is 6. The van der Waals surface area contributed by atoms with E-state index in [0.29, 0.717) is 5.75 Å². The molecule has 6 nitrogen and oxygen atoms in total. The van der Waals surface area contributed by atoms with Crippen molar-refractivity contribution >= 4 is 5.82 Å². The van der Waals surface area contributed by atoms with Crippen molar-refractivity contribution in [2.24, 2.45) is 0 Å². The Bertz CT molecular complexity index is 611. The van der Waals surface area contributed by atoms with E-state index in [1.807, 2.05) is 0 Å². The third-order valence-corrected chi connectivity index (χ3v) is 2.56. The van der Waals surface area contributed by atoms with Gasteiger partial charge in [0.15, 0.2) is 34.6 Å². The van der Waals surface area contributed by atoms with Crippen LogP contribution in [0, 0.1) is 5.82 Å². The number of anilines is 1. The molecular formula is C11H9FN2O4. The smallest absolute Gasteiger partial charge is 0.231 e. The van der Waals surface area contributed by atoms with Gasteiger partial charge in [-0.3, -0.25) is 0 Å². The number of fused-ring (bicyclic) bond motifs is 1. The van der Waals surface area contributed by atoms with Crippen molar-refractivity contribution in [3.8, 4) is 28.6 Å². The van der Waals surface area contributed by atoms with Gasteiger partial charge in [0.25, 0.3) is 0 Å². The number of halogens is 1. The highest BCUT2D eigenvalue weighted by Gasteiger charge is 2.28. The number of aromatic nitrogens is 1. The number of rotatable bonds is 2. The van der Waals surface area contributed by atoms with E-state index in [4.69, 9.17) is 24.5 Å². The fourth-order valence-electron chi connectivity index (χ4n) is 1.77.